The first-order valence-corrected chi connectivity index (χ1v) is 4.60. The Morgan fingerprint density at radius 3 is 2.27 bits per heavy atom. The molecule has 2 aromatic carbocycles. The standard InChI is InChI=1S/C12H12O3/c1-14-11-7-10(13)8-5-3-4-6-9(8)12(11)15-2/h3-7,13H,1-2H3. The number of benzene rings is 2. The number of fused-ring (bicyclic) bond motifs is 1. The average Bonchev–Trinajstić information content (AvgIpc) is 2.29. The maximum absolute atomic E-state index is 9.77. The molecule has 15 heavy (non-hydrogen) atoms. The first kappa shape index (κ1) is 9.65. The molecule has 3 heteroatoms. The van der Waals surface area contributed by atoms with E-state index in [1.807, 2.05) is 24.3 Å². The van der Waals surface area contributed by atoms with Crippen molar-refractivity contribution in [3.63, 3.8) is 0 Å². The van der Waals surface area contributed by atoms with Crippen LogP contribution in [0, 0.1) is 0 Å². The first-order valence-electron chi connectivity index (χ1n) is 4.60. The van der Waals surface area contributed by atoms with Crippen molar-refractivity contribution < 1.29 is 14.6 Å². The van der Waals surface area contributed by atoms with Crippen molar-refractivity contribution in [2.75, 3.05) is 14.2 Å². The number of hydrogen-bond donors (Lipinski definition) is 1. The molecule has 0 saturated heterocycles. The number of methoxy groups -OCH3 is 2. The van der Waals surface area contributed by atoms with E-state index in [4.69, 9.17) is 9.47 Å². The van der Waals surface area contributed by atoms with Crippen molar-refractivity contribution in [3.8, 4) is 17.2 Å². The van der Waals surface area contributed by atoms with Crippen LogP contribution in [0.5, 0.6) is 17.2 Å². The van der Waals surface area contributed by atoms with Gasteiger partial charge in [0.1, 0.15) is 5.75 Å². The van der Waals surface area contributed by atoms with Gasteiger partial charge in [0.25, 0.3) is 0 Å². The molecule has 0 fully saturated rings. The van der Waals surface area contributed by atoms with Crippen LogP contribution in [0.4, 0.5) is 0 Å². The van der Waals surface area contributed by atoms with Crippen molar-refractivity contribution in [2.45, 2.75) is 0 Å². The summed E-state index contributed by atoms with van der Waals surface area (Å²) in [4.78, 5) is 0. The van der Waals surface area contributed by atoms with E-state index in [0.717, 1.165) is 10.8 Å². The minimum absolute atomic E-state index is 0.197. The molecule has 0 aromatic heterocycles. The lowest BCUT2D eigenvalue weighted by Gasteiger charge is -2.11. The van der Waals surface area contributed by atoms with E-state index in [9.17, 15) is 5.11 Å². The largest absolute Gasteiger partial charge is 0.507 e. The van der Waals surface area contributed by atoms with Crippen molar-refractivity contribution in [2.24, 2.45) is 0 Å². The molecule has 0 aliphatic rings. The lowest BCUT2D eigenvalue weighted by Crippen LogP contribution is -1.91. The second-order valence-corrected chi connectivity index (χ2v) is 3.18. The van der Waals surface area contributed by atoms with Crippen molar-refractivity contribution in [1.82, 2.24) is 0 Å². The third-order valence-electron chi connectivity index (χ3n) is 2.36. The zero-order valence-corrected chi connectivity index (χ0v) is 8.65. The summed E-state index contributed by atoms with van der Waals surface area (Å²) in [5, 5.41) is 11.4. The van der Waals surface area contributed by atoms with Crippen molar-refractivity contribution in [3.05, 3.63) is 30.3 Å². The number of aromatic hydroxyl groups is 1. The van der Waals surface area contributed by atoms with Crippen molar-refractivity contribution >= 4 is 10.8 Å². The summed E-state index contributed by atoms with van der Waals surface area (Å²) in [7, 11) is 3.13. The maximum Gasteiger partial charge on any atom is 0.168 e. The van der Waals surface area contributed by atoms with Crippen LogP contribution in [-0.2, 0) is 0 Å². The van der Waals surface area contributed by atoms with Gasteiger partial charge in [-0.2, -0.15) is 0 Å². The highest BCUT2D eigenvalue weighted by Crippen LogP contribution is 2.40. The van der Waals surface area contributed by atoms with Crippen LogP contribution in [0.2, 0.25) is 0 Å². The summed E-state index contributed by atoms with van der Waals surface area (Å²) in [5.74, 6) is 1.38. The highest BCUT2D eigenvalue weighted by Gasteiger charge is 2.11. The second kappa shape index (κ2) is 3.69. The second-order valence-electron chi connectivity index (χ2n) is 3.18. The Labute approximate surface area is 87.9 Å². The van der Waals surface area contributed by atoms with Crippen LogP contribution < -0.4 is 9.47 Å². The molecule has 0 heterocycles. The minimum atomic E-state index is 0.197. The van der Waals surface area contributed by atoms with E-state index in [2.05, 4.69) is 0 Å². The Balaban J connectivity index is 2.85. The number of phenols is 1. The molecule has 3 nitrogen and oxygen atoms in total. The van der Waals surface area contributed by atoms with E-state index >= 15 is 0 Å². The predicted molar refractivity (Wildman–Crippen MR) is 58.7 cm³/mol. The van der Waals surface area contributed by atoms with Gasteiger partial charge in [-0.1, -0.05) is 24.3 Å². The smallest absolute Gasteiger partial charge is 0.168 e. The monoisotopic (exact) mass is 204 g/mol. The summed E-state index contributed by atoms with van der Waals surface area (Å²) in [5.41, 5.74) is 0. The van der Waals surface area contributed by atoms with Gasteiger partial charge in [-0.05, 0) is 0 Å². The van der Waals surface area contributed by atoms with Gasteiger partial charge in [0.2, 0.25) is 0 Å². The molecule has 0 aliphatic carbocycles. The third-order valence-corrected chi connectivity index (χ3v) is 2.36. The van der Waals surface area contributed by atoms with Crippen molar-refractivity contribution in [1.29, 1.82) is 0 Å². The quantitative estimate of drug-likeness (QED) is 0.817. The zero-order valence-electron chi connectivity index (χ0n) is 8.65. The molecule has 0 amide bonds. The van der Waals surface area contributed by atoms with Gasteiger partial charge < -0.3 is 14.6 Å². The molecule has 0 aliphatic heterocycles. The molecule has 1 N–H and O–H groups in total. The fraction of sp³-hybridized carbons (Fsp3) is 0.167. The summed E-state index contributed by atoms with van der Waals surface area (Å²) in [6.45, 7) is 0. The SMILES string of the molecule is COc1cc(O)c2ccccc2c1OC. The van der Waals surface area contributed by atoms with E-state index in [-0.39, 0.29) is 5.75 Å². The van der Waals surface area contributed by atoms with E-state index in [1.54, 1.807) is 20.3 Å². The molecule has 0 radical (unpaired) electrons. The Kier molecular flexibility index (Phi) is 2.37. The van der Waals surface area contributed by atoms with E-state index in [0.29, 0.717) is 11.5 Å². The number of phenolic OH excluding ortho intramolecular Hbond substituents is 1. The molecule has 78 valence electrons. The Morgan fingerprint density at radius 2 is 1.67 bits per heavy atom. The minimum Gasteiger partial charge on any atom is -0.507 e. The molecular weight excluding hydrogens is 192 g/mol. The lowest BCUT2D eigenvalue weighted by molar-refractivity contribution is 0.355. The van der Waals surface area contributed by atoms with Crippen LogP contribution in [0.25, 0.3) is 10.8 Å². The van der Waals surface area contributed by atoms with Gasteiger partial charge in [-0.25, -0.2) is 0 Å². The van der Waals surface area contributed by atoms with Crippen LogP contribution in [0.1, 0.15) is 0 Å². The predicted octanol–water partition coefficient (Wildman–Crippen LogP) is 2.56. The Morgan fingerprint density at radius 1 is 1.00 bits per heavy atom. The highest BCUT2D eigenvalue weighted by atomic mass is 16.5. The Hall–Kier alpha value is -1.90. The summed E-state index contributed by atoms with van der Waals surface area (Å²) < 4.78 is 10.4. The van der Waals surface area contributed by atoms with Gasteiger partial charge in [0.15, 0.2) is 11.5 Å². The van der Waals surface area contributed by atoms with Gasteiger partial charge in [0, 0.05) is 16.8 Å². The molecular formula is C12H12O3. The highest BCUT2D eigenvalue weighted by molar-refractivity contribution is 5.95. The topological polar surface area (TPSA) is 38.7 Å². The van der Waals surface area contributed by atoms with Gasteiger partial charge in [0.05, 0.1) is 14.2 Å². The normalized spacial score (nSPS) is 10.3. The number of rotatable bonds is 2. The summed E-state index contributed by atoms with van der Waals surface area (Å²) >= 11 is 0. The van der Waals surface area contributed by atoms with E-state index < -0.39 is 0 Å². The van der Waals surface area contributed by atoms with E-state index in [1.165, 1.54) is 0 Å². The summed E-state index contributed by atoms with van der Waals surface area (Å²) in [6.07, 6.45) is 0. The number of ether oxygens (including phenoxy) is 2. The maximum atomic E-state index is 9.77. The third kappa shape index (κ3) is 1.46. The molecule has 0 bridgehead atoms. The number of hydrogen-bond acceptors (Lipinski definition) is 3. The Bertz CT molecular complexity index is 491. The molecule has 0 spiro atoms. The molecule has 0 saturated carbocycles. The van der Waals surface area contributed by atoms with Crippen LogP contribution >= 0.6 is 0 Å². The molecule has 0 atom stereocenters. The fourth-order valence-electron chi connectivity index (χ4n) is 1.67. The van der Waals surface area contributed by atoms with Crippen LogP contribution in [0.15, 0.2) is 30.3 Å². The lowest BCUT2D eigenvalue weighted by atomic mass is 10.1. The van der Waals surface area contributed by atoms with Gasteiger partial charge >= 0.3 is 0 Å². The zero-order chi connectivity index (χ0) is 10.8. The first-order chi connectivity index (χ1) is 7.27. The fourth-order valence-corrected chi connectivity index (χ4v) is 1.67. The average molecular weight is 204 g/mol. The van der Waals surface area contributed by atoms with Crippen LogP contribution in [-0.4, -0.2) is 19.3 Å². The molecule has 2 rings (SSSR count). The van der Waals surface area contributed by atoms with Gasteiger partial charge in [-0.3, -0.25) is 0 Å². The van der Waals surface area contributed by atoms with Crippen LogP contribution in [0.3, 0.4) is 0 Å². The summed E-state index contributed by atoms with van der Waals surface area (Å²) in [6, 6.07) is 9.04. The molecule has 0 unspecified atom stereocenters. The molecule has 2 aromatic rings. The van der Waals surface area contributed by atoms with Gasteiger partial charge in [-0.15, -0.1) is 0 Å².